The predicted molar refractivity (Wildman–Crippen MR) is 86.4 cm³/mol. The summed E-state index contributed by atoms with van der Waals surface area (Å²) in [6, 6.07) is 0. The molecule has 2 aromatic carbocycles. The van der Waals surface area contributed by atoms with Crippen LogP contribution in [0.15, 0.2) is 0 Å². The van der Waals surface area contributed by atoms with E-state index in [-0.39, 0.29) is 0 Å². The fourth-order valence-corrected chi connectivity index (χ4v) is 2.97. The summed E-state index contributed by atoms with van der Waals surface area (Å²) in [5.74, 6) is -25.2. The largest absolute Gasteiger partial charge is 0.231 e. The highest BCUT2D eigenvalue weighted by Gasteiger charge is 2.48. The van der Waals surface area contributed by atoms with Crippen LogP contribution in [0.3, 0.4) is 0 Å². The molecule has 0 saturated heterocycles. The summed E-state index contributed by atoms with van der Waals surface area (Å²) >= 11 is 0. The van der Waals surface area contributed by atoms with Gasteiger partial charge >= 0.3 is 0 Å². The number of halogens is 10. The lowest BCUT2D eigenvalue weighted by atomic mass is 9.25. The Morgan fingerprint density at radius 1 is 0.483 bits per heavy atom. The first-order valence-corrected chi connectivity index (χ1v) is 8.20. The van der Waals surface area contributed by atoms with E-state index in [0.717, 1.165) is 13.8 Å². The number of hydrogen-bond donors (Lipinski definition) is 0. The zero-order valence-corrected chi connectivity index (χ0v) is 15.4. The molecule has 0 aliphatic rings. The van der Waals surface area contributed by atoms with Crippen LogP contribution in [-0.2, 0) is 0 Å². The molecule has 0 fully saturated rings. The van der Waals surface area contributed by atoms with E-state index in [2.05, 4.69) is 0 Å². The second-order valence-electron chi connectivity index (χ2n) is 7.38. The minimum absolute atomic E-state index is 0.766. The van der Waals surface area contributed by atoms with Crippen LogP contribution < -0.4 is 10.9 Å². The van der Waals surface area contributed by atoms with Crippen LogP contribution in [0.25, 0.3) is 0 Å². The third-order valence-corrected chi connectivity index (χ3v) is 5.30. The maximum Gasteiger partial charge on any atom is 0.231 e. The summed E-state index contributed by atoms with van der Waals surface area (Å²) in [4.78, 5) is 0. The van der Waals surface area contributed by atoms with Crippen molar-refractivity contribution in [2.75, 3.05) is 0 Å². The van der Waals surface area contributed by atoms with Gasteiger partial charge in [0, 0.05) is 10.9 Å². The molecule has 29 heavy (non-hydrogen) atoms. The van der Waals surface area contributed by atoms with E-state index in [1.54, 1.807) is 0 Å². The third kappa shape index (κ3) is 3.38. The summed E-state index contributed by atoms with van der Waals surface area (Å²) in [5.41, 5.74) is -3.38. The highest BCUT2D eigenvalue weighted by Crippen LogP contribution is 2.39. The molecule has 11 heteroatoms. The standard InChI is InChI=1S/C18H13BF10/c1-5(2)18(3,4)19(6-8(20)12(24)16(28)13(25)9(6)21)7-10(22)14(26)17(29)15(27)11(7)23/h5H,1-4H3. The molecule has 0 radical (unpaired) electrons. The molecule has 0 spiro atoms. The van der Waals surface area contributed by atoms with Crippen LogP contribution in [0, 0.1) is 64.1 Å². The molecular weight excluding hydrogens is 417 g/mol. The third-order valence-electron chi connectivity index (χ3n) is 5.30. The van der Waals surface area contributed by atoms with Gasteiger partial charge in [0.25, 0.3) is 0 Å². The molecular formula is C18H13BF10. The average molecular weight is 430 g/mol. The number of benzene rings is 2. The smallest absolute Gasteiger partial charge is 0.204 e. The Balaban J connectivity index is 3.10. The Hall–Kier alpha value is -2.20. The highest BCUT2D eigenvalue weighted by molar-refractivity contribution is 6.87. The molecule has 0 aliphatic carbocycles. The van der Waals surface area contributed by atoms with Crippen molar-refractivity contribution in [1.29, 1.82) is 0 Å². The zero-order valence-electron chi connectivity index (χ0n) is 15.4. The quantitative estimate of drug-likeness (QED) is 0.274. The molecule has 0 aliphatic heterocycles. The molecule has 2 aromatic rings. The van der Waals surface area contributed by atoms with Crippen molar-refractivity contribution in [3.05, 3.63) is 58.2 Å². The number of rotatable bonds is 4. The molecule has 158 valence electrons. The molecule has 0 atom stereocenters. The van der Waals surface area contributed by atoms with Gasteiger partial charge in [-0.3, -0.25) is 0 Å². The van der Waals surface area contributed by atoms with Crippen molar-refractivity contribution >= 4 is 17.6 Å². The molecule has 0 unspecified atom stereocenters. The zero-order chi connectivity index (χ0) is 22.6. The van der Waals surface area contributed by atoms with Crippen molar-refractivity contribution in [3.63, 3.8) is 0 Å². The molecule has 0 amide bonds. The molecule has 0 saturated carbocycles. The first-order chi connectivity index (χ1) is 13.2. The topological polar surface area (TPSA) is 0 Å². The Bertz CT molecular complexity index is 856. The van der Waals surface area contributed by atoms with Crippen molar-refractivity contribution in [3.8, 4) is 0 Å². The lowest BCUT2D eigenvalue weighted by Gasteiger charge is -2.37. The van der Waals surface area contributed by atoms with Gasteiger partial charge in [-0.2, -0.15) is 0 Å². The van der Waals surface area contributed by atoms with Gasteiger partial charge in [0.15, 0.2) is 58.2 Å². The van der Waals surface area contributed by atoms with Gasteiger partial charge in [-0.1, -0.05) is 27.7 Å². The van der Waals surface area contributed by atoms with Gasteiger partial charge in [0.05, 0.1) is 0 Å². The maximum atomic E-state index is 14.4. The van der Waals surface area contributed by atoms with Crippen LogP contribution in [0.1, 0.15) is 27.7 Å². The fraction of sp³-hybridized carbons (Fsp3) is 0.333. The van der Waals surface area contributed by atoms with Gasteiger partial charge < -0.3 is 0 Å². The highest BCUT2D eigenvalue weighted by atomic mass is 19.2. The summed E-state index contributed by atoms with van der Waals surface area (Å²) in [6.45, 7) is 2.63. The van der Waals surface area contributed by atoms with Gasteiger partial charge in [-0.15, -0.1) is 0 Å². The van der Waals surface area contributed by atoms with Crippen LogP contribution >= 0.6 is 0 Å². The molecule has 0 heterocycles. The van der Waals surface area contributed by atoms with E-state index in [1.807, 2.05) is 0 Å². The van der Waals surface area contributed by atoms with Gasteiger partial charge in [-0.05, 0) is 11.2 Å². The van der Waals surface area contributed by atoms with Crippen molar-refractivity contribution in [2.24, 2.45) is 5.92 Å². The van der Waals surface area contributed by atoms with Crippen LogP contribution in [0.5, 0.6) is 0 Å². The Kier molecular flexibility index (Phi) is 6.02. The van der Waals surface area contributed by atoms with Crippen molar-refractivity contribution in [1.82, 2.24) is 0 Å². The Morgan fingerprint density at radius 2 is 0.690 bits per heavy atom. The van der Waals surface area contributed by atoms with Gasteiger partial charge in [0.2, 0.25) is 6.71 Å². The maximum absolute atomic E-state index is 14.4. The van der Waals surface area contributed by atoms with Crippen LogP contribution in [-0.4, -0.2) is 6.71 Å². The SMILES string of the molecule is CC(C)C(C)(C)B(c1c(F)c(F)c(F)c(F)c1F)c1c(F)c(F)c(F)c(F)c1F. The van der Waals surface area contributed by atoms with Crippen molar-refractivity contribution in [2.45, 2.75) is 33.0 Å². The van der Waals surface area contributed by atoms with E-state index in [4.69, 9.17) is 0 Å². The fourth-order valence-electron chi connectivity index (χ4n) is 2.97. The lowest BCUT2D eigenvalue weighted by molar-refractivity contribution is 0.379. The lowest BCUT2D eigenvalue weighted by Crippen LogP contribution is -2.57. The minimum Gasteiger partial charge on any atom is -0.204 e. The van der Waals surface area contributed by atoms with Crippen LogP contribution in [0.2, 0.25) is 5.31 Å². The Morgan fingerprint density at radius 3 is 0.897 bits per heavy atom. The van der Waals surface area contributed by atoms with E-state index in [1.165, 1.54) is 13.8 Å². The molecule has 0 nitrogen and oxygen atoms in total. The summed E-state index contributed by atoms with van der Waals surface area (Å²) in [5, 5.41) is -1.73. The van der Waals surface area contributed by atoms with Gasteiger partial charge in [-0.25, -0.2) is 43.9 Å². The van der Waals surface area contributed by atoms with E-state index < -0.39 is 87.0 Å². The predicted octanol–water partition coefficient (Wildman–Crippen LogP) is 5.12. The Labute approximate surface area is 159 Å². The molecule has 0 aromatic heterocycles. The average Bonchev–Trinajstić information content (AvgIpc) is 2.66. The van der Waals surface area contributed by atoms with E-state index >= 15 is 0 Å². The van der Waals surface area contributed by atoms with E-state index in [0.29, 0.717) is 0 Å². The molecule has 0 N–H and O–H groups in total. The first-order valence-electron chi connectivity index (χ1n) is 8.20. The van der Waals surface area contributed by atoms with Crippen LogP contribution in [0.4, 0.5) is 43.9 Å². The monoisotopic (exact) mass is 430 g/mol. The number of hydrogen-bond acceptors (Lipinski definition) is 0. The first kappa shape index (κ1) is 23.1. The summed E-state index contributed by atoms with van der Waals surface area (Å²) in [6.07, 6.45) is 0. The van der Waals surface area contributed by atoms with Crippen molar-refractivity contribution < 1.29 is 43.9 Å². The molecule has 0 bridgehead atoms. The summed E-state index contributed by atoms with van der Waals surface area (Å²) in [7, 11) is 0. The second kappa shape index (κ2) is 7.57. The molecule has 2 rings (SSSR count). The second-order valence-corrected chi connectivity index (χ2v) is 7.38. The summed E-state index contributed by atoms with van der Waals surface area (Å²) < 4.78 is 140. The van der Waals surface area contributed by atoms with E-state index in [9.17, 15) is 43.9 Å². The normalized spacial score (nSPS) is 12.1. The minimum atomic E-state index is -2.53. The van der Waals surface area contributed by atoms with Gasteiger partial charge in [0.1, 0.15) is 0 Å².